The number of nitrogens with one attached hydrogen (secondary N) is 1. The van der Waals surface area contributed by atoms with Crippen LogP contribution in [-0.2, 0) is 0 Å². The van der Waals surface area contributed by atoms with Gasteiger partial charge in [0.25, 0.3) is 0 Å². The normalized spacial score (nSPS) is 15.5. The highest BCUT2D eigenvalue weighted by Crippen LogP contribution is 2.30. The molecule has 0 amide bonds. The van der Waals surface area contributed by atoms with Gasteiger partial charge in [0.2, 0.25) is 0 Å². The van der Waals surface area contributed by atoms with E-state index in [0.717, 1.165) is 19.1 Å². The van der Waals surface area contributed by atoms with E-state index in [9.17, 15) is 0 Å². The molecule has 0 bridgehead atoms. The van der Waals surface area contributed by atoms with Crippen molar-refractivity contribution in [3.05, 3.63) is 30.3 Å². The van der Waals surface area contributed by atoms with Gasteiger partial charge in [0, 0.05) is 31.9 Å². The Balaban J connectivity index is 1.97. The molecule has 2 rings (SSSR count). The maximum absolute atomic E-state index is 3.73. The molecule has 1 aliphatic carbocycles. The van der Waals surface area contributed by atoms with Gasteiger partial charge in [-0.05, 0) is 43.2 Å². The quantitative estimate of drug-likeness (QED) is 0.767. The maximum Gasteiger partial charge on any atom is 0.0363 e. The summed E-state index contributed by atoms with van der Waals surface area (Å²) >= 11 is 0. The van der Waals surface area contributed by atoms with Gasteiger partial charge in [0.05, 0.1) is 0 Å². The van der Waals surface area contributed by atoms with Crippen molar-refractivity contribution in [1.29, 1.82) is 0 Å². The van der Waals surface area contributed by atoms with Crippen LogP contribution in [0.2, 0.25) is 0 Å². The van der Waals surface area contributed by atoms with Gasteiger partial charge in [-0.25, -0.2) is 0 Å². The van der Waals surface area contributed by atoms with Gasteiger partial charge in [-0.3, -0.25) is 0 Å². The van der Waals surface area contributed by atoms with E-state index < -0.39 is 0 Å². The number of rotatable bonds is 8. The predicted octanol–water partition coefficient (Wildman–Crippen LogP) is 3.68. The first-order chi connectivity index (χ1) is 9.19. The molecule has 0 spiro atoms. The lowest BCUT2D eigenvalue weighted by molar-refractivity contribution is 0.254. The Morgan fingerprint density at radius 3 is 2.32 bits per heavy atom. The van der Waals surface area contributed by atoms with E-state index >= 15 is 0 Å². The Morgan fingerprint density at radius 1 is 1.16 bits per heavy atom. The Kier molecular flexibility index (Phi) is 4.87. The van der Waals surface area contributed by atoms with Crippen molar-refractivity contribution >= 4 is 5.69 Å². The van der Waals surface area contributed by atoms with Gasteiger partial charge in [-0.2, -0.15) is 0 Å². The fourth-order valence-corrected chi connectivity index (χ4v) is 2.70. The molecule has 0 aliphatic heterocycles. The molecule has 0 heterocycles. The van der Waals surface area contributed by atoms with Crippen molar-refractivity contribution in [2.24, 2.45) is 5.41 Å². The lowest BCUT2D eigenvalue weighted by Crippen LogP contribution is -2.43. The minimum Gasteiger partial charge on any atom is -0.374 e. The van der Waals surface area contributed by atoms with Crippen LogP contribution in [0.1, 0.15) is 39.5 Å². The number of nitrogens with zero attached hydrogens (tertiary/aromatic N) is 1. The summed E-state index contributed by atoms with van der Waals surface area (Å²) in [7, 11) is 2.21. The maximum atomic E-state index is 3.73. The summed E-state index contributed by atoms with van der Waals surface area (Å²) in [6, 6.07) is 11.5. The average Bonchev–Trinajstić information content (AvgIpc) is 3.28. The minimum absolute atomic E-state index is 0.396. The van der Waals surface area contributed by atoms with E-state index in [-0.39, 0.29) is 0 Å². The van der Waals surface area contributed by atoms with E-state index in [1.165, 1.54) is 31.4 Å². The highest BCUT2D eigenvalue weighted by Gasteiger charge is 2.31. The zero-order valence-corrected chi connectivity index (χ0v) is 12.7. The van der Waals surface area contributed by atoms with Crippen LogP contribution in [-0.4, -0.2) is 26.2 Å². The van der Waals surface area contributed by atoms with Crippen LogP contribution < -0.4 is 10.2 Å². The molecule has 0 aromatic heterocycles. The first kappa shape index (κ1) is 14.4. The lowest BCUT2D eigenvalue weighted by atomic mass is 9.81. The molecule has 1 aliphatic rings. The molecular formula is C17H28N2. The fraction of sp³-hybridized carbons (Fsp3) is 0.647. The number of hydrogen-bond donors (Lipinski definition) is 1. The second kappa shape index (κ2) is 6.42. The molecule has 0 radical (unpaired) electrons. The monoisotopic (exact) mass is 260 g/mol. The number of hydrogen-bond acceptors (Lipinski definition) is 2. The Labute approximate surface area is 118 Å². The van der Waals surface area contributed by atoms with Crippen LogP contribution in [0.5, 0.6) is 0 Å². The van der Waals surface area contributed by atoms with E-state index in [4.69, 9.17) is 0 Å². The van der Waals surface area contributed by atoms with E-state index in [1.807, 2.05) is 0 Å². The van der Waals surface area contributed by atoms with Crippen molar-refractivity contribution in [2.45, 2.75) is 45.6 Å². The molecule has 0 saturated heterocycles. The van der Waals surface area contributed by atoms with Crippen molar-refractivity contribution in [2.75, 3.05) is 25.0 Å². The minimum atomic E-state index is 0.396. The van der Waals surface area contributed by atoms with Gasteiger partial charge < -0.3 is 10.2 Å². The highest BCUT2D eigenvalue weighted by molar-refractivity contribution is 5.45. The van der Waals surface area contributed by atoms with Gasteiger partial charge in [0.1, 0.15) is 0 Å². The summed E-state index contributed by atoms with van der Waals surface area (Å²) in [5.74, 6) is 0. The van der Waals surface area contributed by atoms with Crippen molar-refractivity contribution in [3.8, 4) is 0 Å². The summed E-state index contributed by atoms with van der Waals surface area (Å²) < 4.78 is 0. The highest BCUT2D eigenvalue weighted by atomic mass is 15.1. The van der Waals surface area contributed by atoms with Crippen molar-refractivity contribution in [3.63, 3.8) is 0 Å². The van der Waals surface area contributed by atoms with Crippen molar-refractivity contribution < 1.29 is 0 Å². The molecule has 1 aromatic carbocycles. The molecule has 1 fully saturated rings. The van der Waals surface area contributed by atoms with Crippen LogP contribution in [0.25, 0.3) is 0 Å². The molecule has 2 nitrogen and oxygen atoms in total. The smallest absolute Gasteiger partial charge is 0.0363 e. The molecule has 1 saturated carbocycles. The molecule has 1 aromatic rings. The van der Waals surface area contributed by atoms with Crippen LogP contribution in [0.15, 0.2) is 30.3 Å². The summed E-state index contributed by atoms with van der Waals surface area (Å²) in [6.45, 7) is 6.94. The molecule has 0 unspecified atom stereocenters. The van der Waals surface area contributed by atoms with Gasteiger partial charge in [0.15, 0.2) is 0 Å². The third kappa shape index (κ3) is 3.97. The second-order valence-electron chi connectivity index (χ2n) is 6.05. The first-order valence-electron chi connectivity index (χ1n) is 7.68. The van der Waals surface area contributed by atoms with Crippen LogP contribution >= 0.6 is 0 Å². The zero-order valence-electron chi connectivity index (χ0n) is 12.7. The summed E-state index contributed by atoms with van der Waals surface area (Å²) in [5.41, 5.74) is 1.72. The first-order valence-corrected chi connectivity index (χ1v) is 7.68. The summed E-state index contributed by atoms with van der Waals surface area (Å²) in [5, 5.41) is 3.73. The van der Waals surface area contributed by atoms with Crippen LogP contribution in [0.3, 0.4) is 0 Å². The van der Waals surface area contributed by atoms with Gasteiger partial charge in [-0.1, -0.05) is 32.0 Å². The second-order valence-corrected chi connectivity index (χ2v) is 6.05. The van der Waals surface area contributed by atoms with Crippen LogP contribution in [0, 0.1) is 5.41 Å². The largest absolute Gasteiger partial charge is 0.374 e. The molecular weight excluding hydrogens is 232 g/mol. The number of benzene rings is 1. The molecule has 106 valence electrons. The SMILES string of the molecule is CCC(CC)(CNC1CC1)CN(C)c1ccccc1. The number of para-hydroxylation sites is 1. The van der Waals surface area contributed by atoms with E-state index in [0.29, 0.717) is 5.41 Å². The third-order valence-electron chi connectivity index (χ3n) is 4.61. The number of anilines is 1. The van der Waals surface area contributed by atoms with Crippen molar-refractivity contribution in [1.82, 2.24) is 5.32 Å². The molecule has 1 N–H and O–H groups in total. The topological polar surface area (TPSA) is 15.3 Å². The summed E-state index contributed by atoms with van der Waals surface area (Å²) in [6.07, 6.45) is 5.22. The Morgan fingerprint density at radius 2 is 1.79 bits per heavy atom. The molecule has 0 atom stereocenters. The summed E-state index contributed by atoms with van der Waals surface area (Å²) in [4.78, 5) is 2.40. The molecule has 2 heteroatoms. The van der Waals surface area contributed by atoms with E-state index in [1.54, 1.807) is 0 Å². The van der Waals surface area contributed by atoms with Gasteiger partial charge in [-0.15, -0.1) is 0 Å². The predicted molar refractivity (Wildman–Crippen MR) is 83.8 cm³/mol. The lowest BCUT2D eigenvalue weighted by Gasteiger charge is -2.37. The molecule has 19 heavy (non-hydrogen) atoms. The Bertz CT molecular complexity index is 366. The van der Waals surface area contributed by atoms with E-state index in [2.05, 4.69) is 61.4 Å². The average molecular weight is 260 g/mol. The Hall–Kier alpha value is -1.02. The third-order valence-corrected chi connectivity index (χ3v) is 4.61. The zero-order chi connectivity index (χ0) is 13.7. The fourth-order valence-electron chi connectivity index (χ4n) is 2.70. The standard InChI is InChI=1S/C17H28N2/c1-4-17(5-2,13-18-15-11-12-15)14-19(3)16-9-7-6-8-10-16/h6-10,15,18H,4-5,11-14H2,1-3H3. The van der Waals surface area contributed by atoms with Crippen LogP contribution in [0.4, 0.5) is 5.69 Å². The van der Waals surface area contributed by atoms with Gasteiger partial charge >= 0.3 is 0 Å².